The van der Waals surface area contributed by atoms with Gasteiger partial charge in [-0.05, 0) is 36.1 Å². The minimum atomic E-state index is 0.489. The molecule has 0 aliphatic carbocycles. The molecule has 0 saturated heterocycles. The highest BCUT2D eigenvalue weighted by Crippen LogP contribution is 2.32. The van der Waals surface area contributed by atoms with Crippen LogP contribution in [0.3, 0.4) is 0 Å². The molecule has 1 aromatic carbocycles. The number of hydrogen-bond acceptors (Lipinski definition) is 3. The largest absolute Gasteiger partial charge is 0.198 e. The molecule has 0 aliphatic heterocycles. The van der Waals surface area contributed by atoms with E-state index >= 15 is 0 Å². The zero-order chi connectivity index (χ0) is 10.1. The highest BCUT2D eigenvalue weighted by molar-refractivity contribution is 7.80. The van der Waals surface area contributed by atoms with Crippen LogP contribution in [0.25, 0.3) is 10.1 Å². The first-order chi connectivity index (χ1) is 6.72. The lowest BCUT2D eigenvalue weighted by Gasteiger charge is -1.95. The third-order valence-electron chi connectivity index (χ3n) is 2.23. The molecule has 1 heterocycles. The van der Waals surface area contributed by atoms with Gasteiger partial charge in [0.25, 0.3) is 0 Å². The lowest BCUT2D eigenvalue weighted by molar-refractivity contribution is 1.27. The van der Waals surface area contributed by atoms with Crippen molar-refractivity contribution in [2.24, 2.45) is 0 Å². The molecule has 0 spiro atoms. The first kappa shape index (κ1) is 9.57. The summed E-state index contributed by atoms with van der Waals surface area (Å²) in [6.07, 6.45) is 0.489. The van der Waals surface area contributed by atoms with Crippen LogP contribution in [-0.4, -0.2) is 0 Å². The average Bonchev–Trinajstić information content (AvgIpc) is 2.45. The van der Waals surface area contributed by atoms with Gasteiger partial charge in [-0.25, -0.2) is 0 Å². The first-order valence-corrected chi connectivity index (χ1v) is 5.56. The number of rotatable bonds is 1. The summed E-state index contributed by atoms with van der Waals surface area (Å²) in [7, 11) is 0. The van der Waals surface area contributed by atoms with Gasteiger partial charge < -0.3 is 0 Å². The summed E-state index contributed by atoms with van der Waals surface area (Å²) in [5.41, 5.74) is 1.16. The predicted molar refractivity (Wildman–Crippen MR) is 63.1 cm³/mol. The van der Waals surface area contributed by atoms with Crippen molar-refractivity contribution in [1.82, 2.24) is 0 Å². The number of thiol groups is 1. The topological polar surface area (TPSA) is 23.8 Å². The van der Waals surface area contributed by atoms with Gasteiger partial charge in [0.2, 0.25) is 0 Å². The van der Waals surface area contributed by atoms with E-state index in [1.54, 1.807) is 11.3 Å². The monoisotopic (exact) mass is 219 g/mol. The molecule has 1 aromatic heterocycles. The Balaban J connectivity index is 2.74. The van der Waals surface area contributed by atoms with Gasteiger partial charge >= 0.3 is 0 Å². The summed E-state index contributed by atoms with van der Waals surface area (Å²) in [5.74, 6) is 0. The molecule has 14 heavy (non-hydrogen) atoms. The normalized spacial score (nSPS) is 10.4. The van der Waals surface area contributed by atoms with Crippen molar-refractivity contribution in [2.75, 3.05) is 0 Å². The molecule has 0 fully saturated rings. The van der Waals surface area contributed by atoms with Crippen LogP contribution in [-0.2, 0) is 6.42 Å². The Labute approximate surface area is 92.4 Å². The fraction of sp³-hybridized carbons (Fsp3) is 0.182. The second-order valence-electron chi connectivity index (χ2n) is 3.15. The molecule has 2 rings (SSSR count). The van der Waals surface area contributed by atoms with Crippen molar-refractivity contribution < 1.29 is 0 Å². The van der Waals surface area contributed by atoms with E-state index in [4.69, 9.17) is 5.26 Å². The van der Waals surface area contributed by atoms with E-state index in [0.717, 1.165) is 10.5 Å². The first-order valence-electron chi connectivity index (χ1n) is 4.30. The van der Waals surface area contributed by atoms with E-state index < -0.39 is 0 Å². The van der Waals surface area contributed by atoms with Gasteiger partial charge in [-0.15, -0.1) is 24.0 Å². The molecule has 3 heteroatoms. The maximum atomic E-state index is 8.73. The minimum Gasteiger partial charge on any atom is -0.198 e. The van der Waals surface area contributed by atoms with Crippen LogP contribution in [0, 0.1) is 18.3 Å². The third kappa shape index (κ3) is 1.52. The van der Waals surface area contributed by atoms with Crippen LogP contribution in [0.15, 0.2) is 23.1 Å². The summed E-state index contributed by atoms with van der Waals surface area (Å²) in [5, 5.41) is 9.91. The molecule has 0 atom stereocenters. The third-order valence-corrected chi connectivity index (χ3v) is 3.64. The van der Waals surface area contributed by atoms with Crippen molar-refractivity contribution in [1.29, 1.82) is 5.26 Å². The number of aryl methyl sites for hydroxylation is 1. The average molecular weight is 219 g/mol. The van der Waals surface area contributed by atoms with Crippen molar-refractivity contribution in [3.8, 4) is 6.07 Å². The summed E-state index contributed by atoms with van der Waals surface area (Å²) in [6.45, 7) is 2.07. The van der Waals surface area contributed by atoms with Gasteiger partial charge in [0.1, 0.15) is 0 Å². The number of nitrogens with zero attached hydrogens (tertiary/aromatic N) is 1. The van der Waals surface area contributed by atoms with Crippen LogP contribution in [0.1, 0.15) is 10.4 Å². The van der Waals surface area contributed by atoms with Crippen LogP contribution < -0.4 is 0 Å². The van der Waals surface area contributed by atoms with Crippen molar-refractivity contribution >= 4 is 34.1 Å². The van der Waals surface area contributed by atoms with E-state index in [9.17, 15) is 0 Å². The van der Waals surface area contributed by atoms with Gasteiger partial charge in [0.15, 0.2) is 0 Å². The maximum Gasteiger partial charge on any atom is 0.0670 e. The second-order valence-corrected chi connectivity index (χ2v) is 4.92. The maximum absolute atomic E-state index is 8.73. The van der Waals surface area contributed by atoms with Crippen LogP contribution in [0.5, 0.6) is 0 Å². The molecular formula is C11H9NS2. The SMILES string of the molecule is Cc1sc2ccc(S)cc2c1CC#N. The summed E-state index contributed by atoms with van der Waals surface area (Å²) < 4.78 is 1.24. The molecule has 0 unspecified atom stereocenters. The number of thiophene rings is 1. The Morgan fingerprint density at radius 2 is 2.29 bits per heavy atom. The summed E-state index contributed by atoms with van der Waals surface area (Å²) in [6, 6.07) is 8.29. The van der Waals surface area contributed by atoms with Crippen LogP contribution in [0.4, 0.5) is 0 Å². The molecule has 0 bridgehead atoms. The second kappa shape index (κ2) is 3.64. The highest BCUT2D eigenvalue weighted by atomic mass is 32.1. The zero-order valence-corrected chi connectivity index (χ0v) is 9.45. The zero-order valence-electron chi connectivity index (χ0n) is 7.74. The number of fused-ring (bicyclic) bond motifs is 1. The lowest BCUT2D eigenvalue weighted by Crippen LogP contribution is -1.81. The highest BCUT2D eigenvalue weighted by Gasteiger charge is 2.08. The van der Waals surface area contributed by atoms with E-state index in [-0.39, 0.29) is 0 Å². The fourth-order valence-electron chi connectivity index (χ4n) is 1.56. The summed E-state index contributed by atoms with van der Waals surface area (Å²) in [4.78, 5) is 2.19. The van der Waals surface area contributed by atoms with E-state index in [1.165, 1.54) is 15.0 Å². The number of hydrogen-bond donors (Lipinski definition) is 1. The Bertz CT molecular complexity index is 520. The molecule has 0 saturated carbocycles. The Morgan fingerprint density at radius 1 is 1.50 bits per heavy atom. The quantitative estimate of drug-likeness (QED) is 0.728. The summed E-state index contributed by atoms with van der Waals surface area (Å²) >= 11 is 6.05. The van der Waals surface area contributed by atoms with Crippen molar-refractivity contribution in [3.63, 3.8) is 0 Å². The van der Waals surface area contributed by atoms with Crippen molar-refractivity contribution in [2.45, 2.75) is 18.2 Å². The van der Waals surface area contributed by atoms with Gasteiger partial charge in [0.05, 0.1) is 12.5 Å². The molecule has 0 amide bonds. The standard InChI is InChI=1S/C11H9NS2/c1-7-9(4-5-12)10-6-8(13)2-3-11(10)14-7/h2-3,6,13H,4H2,1H3. The van der Waals surface area contributed by atoms with Gasteiger partial charge in [-0.3, -0.25) is 0 Å². The molecule has 1 nitrogen and oxygen atoms in total. The predicted octanol–water partition coefficient (Wildman–Crippen LogP) is 3.56. The van der Waals surface area contributed by atoms with E-state index in [1.807, 2.05) is 12.1 Å². The minimum absolute atomic E-state index is 0.489. The molecule has 2 aromatic rings. The van der Waals surface area contributed by atoms with Gasteiger partial charge in [0, 0.05) is 14.5 Å². The van der Waals surface area contributed by atoms with Gasteiger partial charge in [-0.2, -0.15) is 5.26 Å². The smallest absolute Gasteiger partial charge is 0.0670 e. The molecule has 0 N–H and O–H groups in total. The molecule has 0 aliphatic rings. The van der Waals surface area contributed by atoms with Crippen LogP contribution in [0.2, 0.25) is 0 Å². The molecule has 0 radical (unpaired) electrons. The number of nitriles is 1. The lowest BCUT2D eigenvalue weighted by atomic mass is 10.1. The molecule has 70 valence electrons. The Kier molecular flexibility index (Phi) is 2.49. The van der Waals surface area contributed by atoms with Crippen LogP contribution >= 0.6 is 24.0 Å². The Morgan fingerprint density at radius 3 is 3.00 bits per heavy atom. The van der Waals surface area contributed by atoms with Crippen molar-refractivity contribution in [3.05, 3.63) is 28.6 Å². The van der Waals surface area contributed by atoms with Gasteiger partial charge in [-0.1, -0.05) is 0 Å². The molecular weight excluding hydrogens is 210 g/mol. The Hall–Kier alpha value is -0.980. The van der Waals surface area contributed by atoms with E-state index in [2.05, 4.69) is 31.7 Å². The van der Waals surface area contributed by atoms with E-state index in [0.29, 0.717) is 6.42 Å². The number of benzene rings is 1. The fourth-order valence-corrected chi connectivity index (χ4v) is 2.82.